The predicted molar refractivity (Wildman–Crippen MR) is 73.9 cm³/mol. The van der Waals surface area contributed by atoms with Crippen LogP contribution in [0.3, 0.4) is 0 Å². The summed E-state index contributed by atoms with van der Waals surface area (Å²) in [5, 5.41) is 0. The normalized spacial score (nSPS) is 75.3. The van der Waals surface area contributed by atoms with E-state index < -0.39 is 0 Å². The van der Waals surface area contributed by atoms with Crippen molar-refractivity contribution in [2.75, 3.05) is 0 Å². The van der Waals surface area contributed by atoms with Crippen molar-refractivity contribution >= 4 is 0 Å². The van der Waals surface area contributed by atoms with Gasteiger partial charge in [0.05, 0.1) is 0 Å². The van der Waals surface area contributed by atoms with Crippen molar-refractivity contribution in [1.82, 2.24) is 0 Å². The van der Waals surface area contributed by atoms with Crippen molar-refractivity contribution in [2.45, 2.75) is 47.0 Å². The molecule has 7 aliphatic carbocycles. The first-order chi connectivity index (χ1) is 8.55. The minimum absolute atomic E-state index is 0.742. The van der Waals surface area contributed by atoms with Gasteiger partial charge in [-0.15, -0.1) is 0 Å². The molecule has 0 aromatic carbocycles. The SMILES string of the molecule is C[C@@H]1C2C3CC4CC2C2(C)C(C4)C3[C@H](C)C1[C@H]2C. The Hall–Kier alpha value is 0. The molecule has 0 saturated heterocycles. The molecule has 8 bridgehead atoms. The van der Waals surface area contributed by atoms with E-state index in [0.717, 1.165) is 64.6 Å². The number of hydrogen-bond acceptors (Lipinski definition) is 0. The molecule has 18 heavy (non-hydrogen) atoms. The lowest BCUT2D eigenvalue weighted by atomic mass is 9.26. The molecule has 7 rings (SSSR count). The van der Waals surface area contributed by atoms with Gasteiger partial charge in [0.15, 0.2) is 0 Å². The summed E-state index contributed by atoms with van der Waals surface area (Å²) in [6, 6.07) is 0. The quantitative estimate of drug-likeness (QED) is 0.590. The van der Waals surface area contributed by atoms with Crippen LogP contribution in [0.1, 0.15) is 47.0 Å². The van der Waals surface area contributed by atoms with E-state index >= 15 is 0 Å². The Bertz CT molecular complexity index is 382. The first-order valence-corrected chi connectivity index (χ1v) is 8.55. The third-order valence-corrected chi connectivity index (χ3v) is 9.28. The van der Waals surface area contributed by atoms with E-state index in [2.05, 4.69) is 27.7 Å². The fourth-order valence-electron chi connectivity index (χ4n) is 8.99. The van der Waals surface area contributed by atoms with E-state index in [1.807, 2.05) is 0 Å². The minimum Gasteiger partial charge on any atom is -0.0619 e. The molecule has 100 valence electrons. The van der Waals surface area contributed by atoms with Crippen molar-refractivity contribution < 1.29 is 0 Å². The van der Waals surface area contributed by atoms with Crippen LogP contribution >= 0.6 is 0 Å². The van der Waals surface area contributed by atoms with Gasteiger partial charge in [-0.3, -0.25) is 0 Å². The van der Waals surface area contributed by atoms with E-state index in [4.69, 9.17) is 0 Å². The summed E-state index contributed by atoms with van der Waals surface area (Å²) in [4.78, 5) is 0. The van der Waals surface area contributed by atoms with E-state index in [-0.39, 0.29) is 0 Å². The zero-order chi connectivity index (χ0) is 12.4. The van der Waals surface area contributed by atoms with E-state index in [1.165, 1.54) is 0 Å². The van der Waals surface area contributed by atoms with Crippen LogP contribution in [-0.2, 0) is 0 Å². The Morgan fingerprint density at radius 1 is 0.778 bits per heavy atom. The maximum absolute atomic E-state index is 2.72. The summed E-state index contributed by atoms with van der Waals surface area (Å²) in [6.45, 7) is 10.6. The smallest absolute Gasteiger partial charge is 0.0235 e. The molecule has 0 nitrogen and oxygen atoms in total. The summed E-state index contributed by atoms with van der Waals surface area (Å²) in [6.07, 6.45) is 4.83. The van der Waals surface area contributed by atoms with Crippen LogP contribution in [0.5, 0.6) is 0 Å². The van der Waals surface area contributed by atoms with Crippen molar-refractivity contribution in [3.8, 4) is 0 Å². The summed E-state index contributed by atoms with van der Waals surface area (Å²) in [5.41, 5.74) is 0.742. The highest BCUT2D eigenvalue weighted by molar-refractivity contribution is 5.21. The van der Waals surface area contributed by atoms with Crippen LogP contribution in [-0.4, -0.2) is 0 Å². The summed E-state index contributed by atoms with van der Waals surface area (Å²) < 4.78 is 0. The standard InChI is InChI=1S/C18H28/c1-8-15-9(2)17-12-5-11-6-13(16(8)12)18(4,10(15)3)14(17)7-11/h8-17H,5-7H2,1-4H3/t8-,9+,10-,11?,12?,13?,14?,15?,16?,17?,18?/m1/s1. The van der Waals surface area contributed by atoms with Gasteiger partial charge in [-0.2, -0.15) is 0 Å². The molecule has 0 aromatic rings. The Balaban J connectivity index is 1.75. The van der Waals surface area contributed by atoms with Gasteiger partial charge < -0.3 is 0 Å². The molecular weight excluding hydrogens is 216 g/mol. The van der Waals surface area contributed by atoms with Gasteiger partial charge in [0.2, 0.25) is 0 Å². The molecule has 0 aliphatic heterocycles. The van der Waals surface area contributed by atoms with Gasteiger partial charge in [-0.25, -0.2) is 0 Å². The van der Waals surface area contributed by atoms with E-state index in [9.17, 15) is 0 Å². The van der Waals surface area contributed by atoms with Gasteiger partial charge in [0.25, 0.3) is 0 Å². The van der Waals surface area contributed by atoms with Gasteiger partial charge in [-0.1, -0.05) is 27.7 Å². The van der Waals surface area contributed by atoms with Gasteiger partial charge in [0, 0.05) is 0 Å². The Kier molecular flexibility index (Phi) is 1.71. The van der Waals surface area contributed by atoms with Gasteiger partial charge >= 0.3 is 0 Å². The minimum atomic E-state index is 0.742. The first kappa shape index (κ1) is 10.7. The lowest BCUT2D eigenvalue weighted by Gasteiger charge is -2.79. The Labute approximate surface area is 112 Å². The molecule has 0 amide bonds. The largest absolute Gasteiger partial charge is 0.0619 e. The average molecular weight is 244 g/mol. The van der Waals surface area contributed by atoms with Crippen LogP contribution in [0.2, 0.25) is 0 Å². The summed E-state index contributed by atoms with van der Waals surface area (Å²) in [5.74, 6) is 10.9. The average Bonchev–Trinajstić information content (AvgIpc) is 2.32. The maximum Gasteiger partial charge on any atom is -0.0235 e. The van der Waals surface area contributed by atoms with E-state index in [0.29, 0.717) is 0 Å². The van der Waals surface area contributed by atoms with E-state index in [1.54, 1.807) is 19.3 Å². The maximum atomic E-state index is 2.72. The monoisotopic (exact) mass is 244 g/mol. The van der Waals surface area contributed by atoms with Crippen LogP contribution < -0.4 is 0 Å². The second kappa shape index (κ2) is 2.86. The number of hydrogen-bond donors (Lipinski definition) is 0. The first-order valence-electron chi connectivity index (χ1n) is 8.55. The lowest BCUT2D eigenvalue weighted by Crippen LogP contribution is -2.74. The predicted octanol–water partition coefficient (Wildman–Crippen LogP) is 4.45. The third-order valence-electron chi connectivity index (χ3n) is 9.28. The molecular formula is C18H28. The zero-order valence-corrected chi connectivity index (χ0v) is 12.4. The molecule has 0 spiro atoms. The summed E-state index contributed by atoms with van der Waals surface area (Å²) in [7, 11) is 0. The Morgan fingerprint density at radius 2 is 1.33 bits per heavy atom. The lowest BCUT2D eigenvalue weighted by molar-refractivity contribution is -0.313. The third kappa shape index (κ3) is 0.826. The molecule has 0 aromatic heterocycles. The molecule has 0 heterocycles. The molecule has 7 fully saturated rings. The molecule has 0 heteroatoms. The Morgan fingerprint density at radius 3 is 1.89 bits per heavy atom. The van der Waals surface area contributed by atoms with Crippen LogP contribution in [0.25, 0.3) is 0 Å². The highest BCUT2D eigenvalue weighted by atomic mass is 14.8. The van der Waals surface area contributed by atoms with Crippen molar-refractivity contribution in [1.29, 1.82) is 0 Å². The number of rotatable bonds is 0. The second-order valence-electron chi connectivity index (χ2n) is 9.05. The fourth-order valence-corrected chi connectivity index (χ4v) is 8.99. The van der Waals surface area contributed by atoms with Crippen molar-refractivity contribution in [3.63, 3.8) is 0 Å². The molecule has 0 N–H and O–H groups in total. The van der Waals surface area contributed by atoms with Crippen LogP contribution in [0.4, 0.5) is 0 Å². The molecule has 7 aliphatic rings. The van der Waals surface area contributed by atoms with Gasteiger partial charge in [0.1, 0.15) is 0 Å². The topological polar surface area (TPSA) is 0 Å². The fraction of sp³-hybridized carbons (Fsp3) is 1.00. The van der Waals surface area contributed by atoms with Crippen LogP contribution in [0, 0.1) is 64.6 Å². The zero-order valence-electron chi connectivity index (χ0n) is 12.4. The molecule has 7 saturated carbocycles. The molecule has 8 unspecified atom stereocenters. The highest BCUT2D eigenvalue weighted by Gasteiger charge is 2.73. The van der Waals surface area contributed by atoms with Crippen molar-refractivity contribution in [2.24, 2.45) is 64.6 Å². The second-order valence-corrected chi connectivity index (χ2v) is 9.05. The summed E-state index contributed by atoms with van der Waals surface area (Å²) >= 11 is 0. The highest BCUT2D eigenvalue weighted by Crippen LogP contribution is 2.79. The van der Waals surface area contributed by atoms with Crippen molar-refractivity contribution in [3.05, 3.63) is 0 Å². The van der Waals surface area contributed by atoms with Crippen LogP contribution in [0.15, 0.2) is 0 Å². The molecule has 11 atom stereocenters. The van der Waals surface area contributed by atoms with Gasteiger partial charge in [-0.05, 0) is 83.9 Å². The molecule has 0 radical (unpaired) electrons.